The maximum Gasteiger partial charge on any atom is 0.225 e. The first-order chi connectivity index (χ1) is 8.77. The van der Waals surface area contributed by atoms with Crippen molar-refractivity contribution in [3.63, 3.8) is 0 Å². The molecule has 1 N–H and O–H groups in total. The molecule has 4 nitrogen and oxygen atoms in total. The Labute approximate surface area is 117 Å². The molecule has 0 saturated heterocycles. The van der Waals surface area contributed by atoms with E-state index in [0.717, 1.165) is 24.7 Å². The van der Waals surface area contributed by atoms with Gasteiger partial charge >= 0.3 is 0 Å². The molecule has 0 radical (unpaired) electrons. The van der Waals surface area contributed by atoms with E-state index in [2.05, 4.69) is 61.9 Å². The van der Waals surface area contributed by atoms with Crippen LogP contribution in [0, 0.1) is 12.3 Å². The number of anilines is 1. The minimum atomic E-state index is 0.203. The Bertz CT molecular complexity index is 409. The van der Waals surface area contributed by atoms with Crippen molar-refractivity contribution in [1.82, 2.24) is 15.3 Å². The first-order valence-electron chi connectivity index (χ1n) is 7.03. The highest BCUT2D eigenvalue weighted by molar-refractivity contribution is 5.33. The summed E-state index contributed by atoms with van der Waals surface area (Å²) in [5, 5.41) is 3.31. The number of aromatic nitrogens is 2. The summed E-state index contributed by atoms with van der Waals surface area (Å²) < 4.78 is 0. The van der Waals surface area contributed by atoms with E-state index in [1.54, 1.807) is 0 Å². The molecule has 4 heteroatoms. The average Bonchev–Trinajstić information content (AvgIpc) is 2.34. The van der Waals surface area contributed by atoms with Gasteiger partial charge in [0.1, 0.15) is 0 Å². The van der Waals surface area contributed by atoms with Gasteiger partial charge in [-0.15, -0.1) is 0 Å². The minimum Gasteiger partial charge on any atom is -0.341 e. The molecule has 1 aromatic heterocycles. The Morgan fingerprint density at radius 1 is 1.37 bits per heavy atom. The van der Waals surface area contributed by atoms with Crippen LogP contribution in [0.25, 0.3) is 0 Å². The van der Waals surface area contributed by atoms with E-state index in [9.17, 15) is 0 Å². The van der Waals surface area contributed by atoms with Crippen LogP contribution in [-0.4, -0.2) is 29.6 Å². The minimum absolute atomic E-state index is 0.203. The van der Waals surface area contributed by atoms with E-state index in [-0.39, 0.29) is 5.41 Å². The molecule has 0 saturated carbocycles. The standard InChI is InChI=1S/C15H28N4/c1-8-16-9-13-10-17-14(18-11(13)2)19(7)12(3)15(4,5)6/h10,12,16H,8-9H2,1-7H3. The molecular formula is C15H28N4. The van der Waals surface area contributed by atoms with Crippen molar-refractivity contribution >= 4 is 5.95 Å². The third-order valence-corrected chi connectivity index (χ3v) is 3.78. The highest BCUT2D eigenvalue weighted by Gasteiger charge is 2.25. The third kappa shape index (κ3) is 4.16. The van der Waals surface area contributed by atoms with Crippen LogP contribution in [0.3, 0.4) is 0 Å². The number of nitrogens with zero attached hydrogens (tertiary/aromatic N) is 3. The van der Waals surface area contributed by atoms with E-state index in [4.69, 9.17) is 0 Å². The van der Waals surface area contributed by atoms with Gasteiger partial charge in [0, 0.05) is 37.1 Å². The molecule has 0 aliphatic carbocycles. The predicted octanol–water partition coefficient (Wildman–Crippen LogP) is 2.77. The third-order valence-electron chi connectivity index (χ3n) is 3.78. The van der Waals surface area contributed by atoms with Gasteiger partial charge in [0.05, 0.1) is 0 Å². The lowest BCUT2D eigenvalue weighted by Gasteiger charge is -2.35. The largest absolute Gasteiger partial charge is 0.341 e. The van der Waals surface area contributed by atoms with Crippen LogP contribution in [0.2, 0.25) is 0 Å². The predicted molar refractivity (Wildman–Crippen MR) is 81.5 cm³/mol. The van der Waals surface area contributed by atoms with Crippen LogP contribution in [0.1, 0.15) is 45.9 Å². The van der Waals surface area contributed by atoms with Gasteiger partial charge in [0.25, 0.3) is 0 Å². The molecule has 108 valence electrons. The molecule has 0 aliphatic rings. The first-order valence-corrected chi connectivity index (χ1v) is 7.03. The zero-order valence-electron chi connectivity index (χ0n) is 13.4. The van der Waals surface area contributed by atoms with Crippen molar-refractivity contribution in [3.05, 3.63) is 17.5 Å². The van der Waals surface area contributed by atoms with Gasteiger partial charge in [-0.3, -0.25) is 0 Å². The normalized spacial score (nSPS) is 13.4. The Balaban J connectivity index is 2.88. The lowest BCUT2D eigenvalue weighted by Crippen LogP contribution is -2.40. The number of nitrogens with one attached hydrogen (secondary N) is 1. The summed E-state index contributed by atoms with van der Waals surface area (Å²) in [5.41, 5.74) is 2.43. The van der Waals surface area contributed by atoms with Gasteiger partial charge in [-0.1, -0.05) is 27.7 Å². The number of hydrogen-bond acceptors (Lipinski definition) is 4. The topological polar surface area (TPSA) is 41.1 Å². The molecule has 1 unspecified atom stereocenters. The molecule has 0 aliphatic heterocycles. The molecule has 0 aromatic carbocycles. The molecule has 0 spiro atoms. The van der Waals surface area contributed by atoms with E-state index < -0.39 is 0 Å². The van der Waals surface area contributed by atoms with E-state index in [1.165, 1.54) is 5.56 Å². The Hall–Kier alpha value is -1.16. The van der Waals surface area contributed by atoms with Gasteiger partial charge in [-0.2, -0.15) is 0 Å². The second kappa shape index (κ2) is 6.33. The smallest absolute Gasteiger partial charge is 0.225 e. The molecule has 0 fully saturated rings. The van der Waals surface area contributed by atoms with Gasteiger partial charge in [-0.25, -0.2) is 9.97 Å². The summed E-state index contributed by atoms with van der Waals surface area (Å²) in [6, 6.07) is 0.381. The van der Waals surface area contributed by atoms with Gasteiger partial charge in [0.15, 0.2) is 0 Å². The van der Waals surface area contributed by atoms with Crippen molar-refractivity contribution < 1.29 is 0 Å². The maximum absolute atomic E-state index is 4.64. The molecule has 19 heavy (non-hydrogen) atoms. The average molecular weight is 264 g/mol. The van der Waals surface area contributed by atoms with Gasteiger partial charge < -0.3 is 10.2 Å². The summed E-state index contributed by atoms with van der Waals surface area (Å²) in [5.74, 6) is 0.806. The molecular weight excluding hydrogens is 236 g/mol. The van der Waals surface area contributed by atoms with Crippen molar-refractivity contribution in [3.8, 4) is 0 Å². The Kier molecular flexibility index (Phi) is 5.29. The van der Waals surface area contributed by atoms with Gasteiger partial charge in [0.2, 0.25) is 5.95 Å². The fourth-order valence-electron chi connectivity index (χ4n) is 1.84. The summed E-state index contributed by atoms with van der Waals surface area (Å²) in [4.78, 5) is 11.3. The van der Waals surface area contributed by atoms with Crippen LogP contribution < -0.4 is 10.2 Å². The van der Waals surface area contributed by atoms with Crippen molar-refractivity contribution in [1.29, 1.82) is 0 Å². The SMILES string of the molecule is CCNCc1cnc(N(C)C(C)C(C)(C)C)nc1C. The maximum atomic E-state index is 4.64. The molecule has 1 atom stereocenters. The zero-order valence-corrected chi connectivity index (χ0v) is 13.4. The number of aryl methyl sites for hydroxylation is 1. The summed E-state index contributed by atoms with van der Waals surface area (Å²) in [6.45, 7) is 14.9. The molecule has 1 heterocycles. The summed E-state index contributed by atoms with van der Waals surface area (Å²) >= 11 is 0. The fourth-order valence-corrected chi connectivity index (χ4v) is 1.84. The zero-order chi connectivity index (χ0) is 14.6. The molecule has 1 rings (SSSR count). The quantitative estimate of drug-likeness (QED) is 0.888. The lowest BCUT2D eigenvalue weighted by molar-refractivity contribution is 0.327. The second-order valence-electron chi connectivity index (χ2n) is 6.21. The monoisotopic (exact) mass is 264 g/mol. The van der Waals surface area contributed by atoms with E-state index in [0.29, 0.717) is 6.04 Å². The number of hydrogen-bond donors (Lipinski definition) is 1. The van der Waals surface area contributed by atoms with Crippen molar-refractivity contribution in [2.75, 3.05) is 18.5 Å². The number of rotatable bonds is 5. The Morgan fingerprint density at radius 2 is 2.00 bits per heavy atom. The first kappa shape index (κ1) is 15.9. The molecule has 0 amide bonds. The van der Waals surface area contributed by atoms with Crippen molar-refractivity contribution in [2.24, 2.45) is 5.41 Å². The second-order valence-corrected chi connectivity index (χ2v) is 6.21. The van der Waals surface area contributed by atoms with Gasteiger partial charge in [-0.05, 0) is 25.8 Å². The van der Waals surface area contributed by atoms with Crippen LogP contribution in [0.5, 0.6) is 0 Å². The highest BCUT2D eigenvalue weighted by Crippen LogP contribution is 2.25. The van der Waals surface area contributed by atoms with E-state index >= 15 is 0 Å². The van der Waals surface area contributed by atoms with Crippen molar-refractivity contribution in [2.45, 2.75) is 54.1 Å². The summed E-state index contributed by atoms with van der Waals surface area (Å²) in [6.07, 6.45) is 1.94. The highest BCUT2D eigenvalue weighted by atomic mass is 15.3. The van der Waals surface area contributed by atoms with Crippen LogP contribution in [-0.2, 0) is 6.54 Å². The molecule has 0 bridgehead atoms. The molecule has 1 aromatic rings. The van der Waals surface area contributed by atoms with Crippen LogP contribution in [0.4, 0.5) is 5.95 Å². The lowest BCUT2D eigenvalue weighted by atomic mass is 9.87. The summed E-state index contributed by atoms with van der Waals surface area (Å²) in [7, 11) is 2.06. The van der Waals surface area contributed by atoms with E-state index in [1.807, 2.05) is 13.1 Å². The van der Waals surface area contributed by atoms with Crippen LogP contribution in [0.15, 0.2) is 6.20 Å². The van der Waals surface area contributed by atoms with Crippen LogP contribution >= 0.6 is 0 Å². The Morgan fingerprint density at radius 3 is 2.47 bits per heavy atom. The fraction of sp³-hybridized carbons (Fsp3) is 0.733.